The van der Waals surface area contributed by atoms with E-state index >= 15 is 0 Å². The number of ether oxygens (including phenoxy) is 1. The zero-order chi connectivity index (χ0) is 17.3. The number of nitrogens with zero attached hydrogens (tertiary/aromatic N) is 2. The van der Waals surface area contributed by atoms with Gasteiger partial charge in [0.15, 0.2) is 0 Å². The third-order valence-corrected chi connectivity index (χ3v) is 3.65. The lowest BCUT2D eigenvalue weighted by atomic mass is 9.89. The normalized spacial score (nSPS) is 14.2. The summed E-state index contributed by atoms with van der Waals surface area (Å²) in [5.41, 5.74) is -4.94. The van der Waals surface area contributed by atoms with Crippen LogP contribution in [0.1, 0.15) is 21.6 Å². The van der Waals surface area contributed by atoms with E-state index in [9.17, 15) is 23.1 Å². The summed E-state index contributed by atoms with van der Waals surface area (Å²) in [4.78, 5) is 11.5. The zero-order valence-corrected chi connectivity index (χ0v) is 13.2. The van der Waals surface area contributed by atoms with E-state index < -0.39 is 29.0 Å². The summed E-state index contributed by atoms with van der Waals surface area (Å²) in [6, 6.07) is 5.70. The van der Waals surface area contributed by atoms with Crippen LogP contribution in [0.25, 0.3) is 0 Å². The van der Waals surface area contributed by atoms with Crippen molar-refractivity contribution < 1.29 is 27.8 Å². The molecule has 0 amide bonds. The van der Waals surface area contributed by atoms with Crippen LogP contribution >= 0.6 is 15.9 Å². The Morgan fingerprint density at radius 1 is 1.26 bits per heavy atom. The molecular weight excluding hydrogens is 381 g/mol. The Bertz CT molecular complexity index is 722. The van der Waals surface area contributed by atoms with E-state index in [0.29, 0.717) is 4.47 Å². The number of hydrogen-bond acceptors (Lipinski definition) is 5. The number of halogens is 4. The van der Waals surface area contributed by atoms with Crippen molar-refractivity contribution in [3.8, 4) is 0 Å². The monoisotopic (exact) mass is 390 g/mol. The number of alkyl halides is 3. The minimum Gasteiger partial charge on any atom is -0.465 e. The van der Waals surface area contributed by atoms with E-state index in [2.05, 4.69) is 30.9 Å². The van der Waals surface area contributed by atoms with E-state index in [0.717, 1.165) is 31.5 Å². The topological polar surface area (TPSA) is 72.3 Å². The molecule has 0 aliphatic carbocycles. The summed E-state index contributed by atoms with van der Waals surface area (Å²) in [5, 5.41) is 17.1. The van der Waals surface area contributed by atoms with Gasteiger partial charge in [0, 0.05) is 4.47 Å². The Morgan fingerprint density at radius 3 is 2.39 bits per heavy atom. The van der Waals surface area contributed by atoms with Gasteiger partial charge in [-0.15, -0.1) is 0 Å². The van der Waals surface area contributed by atoms with Gasteiger partial charge >= 0.3 is 12.1 Å². The van der Waals surface area contributed by atoms with Gasteiger partial charge in [0.2, 0.25) is 5.60 Å². The first-order valence-corrected chi connectivity index (χ1v) is 6.96. The molecule has 0 aliphatic heterocycles. The van der Waals surface area contributed by atoms with Crippen molar-refractivity contribution in [2.75, 3.05) is 7.11 Å². The third-order valence-electron chi connectivity index (χ3n) is 3.12. The van der Waals surface area contributed by atoms with Crippen LogP contribution in [-0.4, -0.2) is 34.6 Å². The molecule has 0 spiro atoms. The zero-order valence-electron chi connectivity index (χ0n) is 11.6. The standard InChI is InChI=1S/C14H10BrF3N2O3/c1-23-12(21)8-6-11(20-19-7-8)13(22,14(16,17)18)9-2-4-10(15)5-3-9/h2-7,22H,1H3. The van der Waals surface area contributed by atoms with Crippen LogP contribution in [-0.2, 0) is 10.3 Å². The number of esters is 1. The fourth-order valence-corrected chi connectivity index (χ4v) is 2.19. The van der Waals surface area contributed by atoms with Gasteiger partial charge in [-0.05, 0) is 23.8 Å². The predicted molar refractivity (Wildman–Crippen MR) is 76.6 cm³/mol. The molecule has 9 heteroatoms. The molecule has 1 aromatic heterocycles. The molecule has 1 aromatic carbocycles. The predicted octanol–water partition coefficient (Wildman–Crippen LogP) is 2.82. The van der Waals surface area contributed by atoms with Gasteiger partial charge in [0.1, 0.15) is 5.69 Å². The maximum Gasteiger partial charge on any atom is 0.427 e. The third kappa shape index (κ3) is 3.20. The Morgan fingerprint density at radius 2 is 1.87 bits per heavy atom. The van der Waals surface area contributed by atoms with Crippen LogP contribution in [0.15, 0.2) is 41.0 Å². The highest BCUT2D eigenvalue weighted by molar-refractivity contribution is 9.10. The van der Waals surface area contributed by atoms with Gasteiger partial charge in [-0.2, -0.15) is 23.4 Å². The number of benzene rings is 1. The quantitative estimate of drug-likeness (QED) is 0.815. The molecule has 0 aliphatic rings. The van der Waals surface area contributed by atoms with Gasteiger partial charge < -0.3 is 9.84 Å². The Balaban J connectivity index is 2.65. The average Bonchev–Trinajstić information content (AvgIpc) is 2.53. The fraction of sp³-hybridized carbons (Fsp3) is 0.214. The molecule has 2 rings (SSSR count). The molecule has 122 valence electrons. The van der Waals surface area contributed by atoms with E-state index in [1.54, 1.807) is 0 Å². The maximum atomic E-state index is 13.5. The molecule has 1 unspecified atom stereocenters. The second-order valence-electron chi connectivity index (χ2n) is 4.54. The van der Waals surface area contributed by atoms with Gasteiger partial charge in [0.05, 0.1) is 18.9 Å². The SMILES string of the molecule is COC(=O)c1cnnc(C(O)(c2ccc(Br)cc2)C(F)(F)F)c1. The molecule has 0 saturated heterocycles. The molecule has 0 radical (unpaired) electrons. The minimum absolute atomic E-state index is 0.253. The number of hydrogen-bond donors (Lipinski definition) is 1. The molecule has 23 heavy (non-hydrogen) atoms. The Labute approximate surface area is 137 Å². The van der Waals surface area contributed by atoms with Crippen molar-refractivity contribution >= 4 is 21.9 Å². The average molecular weight is 391 g/mol. The van der Waals surface area contributed by atoms with E-state index in [1.807, 2.05) is 0 Å². The number of carbonyl (C=O) groups excluding carboxylic acids is 1. The molecular formula is C14H10BrF3N2O3. The first-order chi connectivity index (χ1) is 10.7. The summed E-state index contributed by atoms with van der Waals surface area (Å²) in [6.07, 6.45) is -4.13. The van der Waals surface area contributed by atoms with Crippen LogP contribution in [0.3, 0.4) is 0 Å². The second kappa shape index (κ2) is 6.25. The minimum atomic E-state index is -5.08. The summed E-state index contributed by atoms with van der Waals surface area (Å²) in [6.45, 7) is 0. The first kappa shape index (κ1) is 17.4. The first-order valence-electron chi connectivity index (χ1n) is 6.17. The van der Waals surface area contributed by atoms with Crippen LogP contribution in [0.4, 0.5) is 13.2 Å². The molecule has 0 fully saturated rings. The van der Waals surface area contributed by atoms with Crippen LogP contribution in [0, 0.1) is 0 Å². The molecule has 1 heterocycles. The van der Waals surface area contributed by atoms with Crippen LogP contribution in [0.2, 0.25) is 0 Å². The summed E-state index contributed by atoms with van der Waals surface area (Å²) in [5.74, 6) is -0.888. The highest BCUT2D eigenvalue weighted by atomic mass is 79.9. The van der Waals surface area contributed by atoms with Crippen molar-refractivity contribution in [2.45, 2.75) is 11.8 Å². The lowest BCUT2D eigenvalue weighted by molar-refractivity contribution is -0.250. The highest BCUT2D eigenvalue weighted by Gasteiger charge is 2.57. The van der Waals surface area contributed by atoms with Crippen molar-refractivity contribution in [1.82, 2.24) is 10.2 Å². The molecule has 0 saturated carbocycles. The largest absolute Gasteiger partial charge is 0.465 e. The number of methoxy groups -OCH3 is 1. The summed E-state index contributed by atoms with van der Waals surface area (Å²) < 4.78 is 45.6. The fourth-order valence-electron chi connectivity index (χ4n) is 1.92. The van der Waals surface area contributed by atoms with E-state index in [-0.39, 0.29) is 5.56 Å². The van der Waals surface area contributed by atoms with Gasteiger partial charge in [0.25, 0.3) is 0 Å². The maximum absolute atomic E-state index is 13.5. The van der Waals surface area contributed by atoms with Gasteiger partial charge in [-0.25, -0.2) is 4.79 Å². The van der Waals surface area contributed by atoms with Crippen molar-refractivity contribution in [1.29, 1.82) is 0 Å². The number of rotatable bonds is 3. The van der Waals surface area contributed by atoms with Crippen molar-refractivity contribution in [3.63, 3.8) is 0 Å². The summed E-state index contributed by atoms with van der Waals surface area (Å²) >= 11 is 3.11. The second-order valence-corrected chi connectivity index (χ2v) is 5.45. The molecule has 1 atom stereocenters. The van der Waals surface area contributed by atoms with Gasteiger partial charge in [-0.3, -0.25) is 0 Å². The number of aromatic nitrogens is 2. The van der Waals surface area contributed by atoms with Crippen LogP contribution < -0.4 is 0 Å². The Hall–Kier alpha value is -2.00. The summed E-state index contributed by atoms with van der Waals surface area (Å²) in [7, 11) is 1.08. The van der Waals surface area contributed by atoms with Crippen molar-refractivity contribution in [3.05, 3.63) is 57.8 Å². The number of aliphatic hydroxyl groups is 1. The molecule has 5 nitrogen and oxygen atoms in total. The van der Waals surface area contributed by atoms with E-state index in [1.165, 1.54) is 12.1 Å². The van der Waals surface area contributed by atoms with E-state index in [4.69, 9.17) is 0 Å². The van der Waals surface area contributed by atoms with Crippen LogP contribution in [0.5, 0.6) is 0 Å². The van der Waals surface area contributed by atoms with Crippen molar-refractivity contribution in [2.24, 2.45) is 0 Å². The highest BCUT2D eigenvalue weighted by Crippen LogP contribution is 2.43. The lowest BCUT2D eigenvalue weighted by Gasteiger charge is -2.30. The number of carbonyl (C=O) groups is 1. The molecule has 1 N–H and O–H groups in total. The van der Waals surface area contributed by atoms with Gasteiger partial charge in [-0.1, -0.05) is 28.1 Å². The Kier molecular flexibility index (Phi) is 4.71. The smallest absolute Gasteiger partial charge is 0.427 e. The lowest BCUT2D eigenvalue weighted by Crippen LogP contribution is -2.44. The molecule has 0 bridgehead atoms. The molecule has 2 aromatic rings.